The van der Waals surface area contributed by atoms with Gasteiger partial charge in [0, 0.05) is 6.54 Å². The third-order valence-corrected chi connectivity index (χ3v) is 3.97. The smallest absolute Gasteiger partial charge is 0.242 e. The number of hydrogen-bond donors (Lipinski definition) is 1. The number of aryl methyl sites for hydroxylation is 2. The van der Waals surface area contributed by atoms with Gasteiger partial charge in [-0.3, -0.25) is 0 Å². The van der Waals surface area contributed by atoms with E-state index < -0.39 is 0 Å². The Hall–Kier alpha value is -1.19. The molecular weight excluding hydrogens is 224 g/mol. The van der Waals surface area contributed by atoms with Crippen molar-refractivity contribution < 1.29 is 0 Å². The van der Waals surface area contributed by atoms with Gasteiger partial charge in [-0.05, 0) is 38.5 Å². The van der Waals surface area contributed by atoms with Crippen LogP contribution in [0, 0.1) is 25.7 Å². The summed E-state index contributed by atoms with van der Waals surface area (Å²) in [6.45, 7) is 7.23. The number of nitrogens with one attached hydrogen (secondary N) is 1. The Labute approximate surface area is 110 Å². The van der Waals surface area contributed by atoms with Crippen molar-refractivity contribution in [2.45, 2.75) is 52.9 Å². The minimum atomic E-state index is 0.668. The molecule has 1 saturated carbocycles. The van der Waals surface area contributed by atoms with Gasteiger partial charge in [0.1, 0.15) is 0 Å². The standard InChI is InChI=1S/C14H24N4/c1-10-5-4-6-13(9-10)7-8-15-14-16-11(2)12(3)17-18-14/h10,13H,4-9H2,1-3H3,(H,15,16,18). The van der Waals surface area contributed by atoms with E-state index >= 15 is 0 Å². The highest BCUT2D eigenvalue weighted by Gasteiger charge is 2.18. The summed E-state index contributed by atoms with van der Waals surface area (Å²) in [4.78, 5) is 4.39. The predicted molar refractivity (Wildman–Crippen MR) is 73.5 cm³/mol. The van der Waals surface area contributed by atoms with E-state index in [1.165, 1.54) is 32.1 Å². The maximum Gasteiger partial charge on any atom is 0.242 e. The van der Waals surface area contributed by atoms with Gasteiger partial charge in [0.25, 0.3) is 0 Å². The van der Waals surface area contributed by atoms with E-state index in [4.69, 9.17) is 0 Å². The van der Waals surface area contributed by atoms with Crippen LogP contribution in [0.4, 0.5) is 5.95 Å². The van der Waals surface area contributed by atoms with Gasteiger partial charge in [0.05, 0.1) is 11.4 Å². The van der Waals surface area contributed by atoms with Gasteiger partial charge in [-0.15, -0.1) is 5.10 Å². The molecule has 0 aromatic carbocycles. The fourth-order valence-electron chi connectivity index (χ4n) is 2.74. The highest BCUT2D eigenvalue weighted by molar-refractivity contribution is 5.24. The van der Waals surface area contributed by atoms with Crippen LogP contribution in [0.5, 0.6) is 0 Å². The number of nitrogens with zero attached hydrogens (tertiary/aromatic N) is 3. The number of hydrogen-bond acceptors (Lipinski definition) is 4. The van der Waals surface area contributed by atoms with E-state index in [-0.39, 0.29) is 0 Å². The van der Waals surface area contributed by atoms with Gasteiger partial charge in [0.15, 0.2) is 0 Å². The Kier molecular flexibility index (Phi) is 4.50. The van der Waals surface area contributed by atoms with E-state index in [9.17, 15) is 0 Å². The van der Waals surface area contributed by atoms with Crippen molar-refractivity contribution >= 4 is 5.95 Å². The second-order valence-electron chi connectivity index (χ2n) is 5.66. The SMILES string of the molecule is Cc1nnc(NCCC2CCCC(C)C2)nc1C. The summed E-state index contributed by atoms with van der Waals surface area (Å²) in [5, 5.41) is 11.4. The van der Waals surface area contributed by atoms with Gasteiger partial charge in [-0.2, -0.15) is 5.10 Å². The first-order valence-electron chi connectivity index (χ1n) is 7.07. The van der Waals surface area contributed by atoms with E-state index in [2.05, 4.69) is 27.4 Å². The van der Waals surface area contributed by atoms with Gasteiger partial charge >= 0.3 is 0 Å². The fourth-order valence-corrected chi connectivity index (χ4v) is 2.74. The molecule has 18 heavy (non-hydrogen) atoms. The van der Waals surface area contributed by atoms with Crippen molar-refractivity contribution in [3.05, 3.63) is 11.4 Å². The molecule has 1 aromatic heterocycles. The summed E-state index contributed by atoms with van der Waals surface area (Å²) in [5.41, 5.74) is 1.86. The minimum absolute atomic E-state index is 0.668. The Morgan fingerprint density at radius 2 is 2.00 bits per heavy atom. The third kappa shape index (κ3) is 3.65. The molecule has 2 unspecified atom stereocenters. The normalized spacial score (nSPS) is 23.9. The third-order valence-electron chi connectivity index (χ3n) is 3.97. The molecule has 2 atom stereocenters. The lowest BCUT2D eigenvalue weighted by atomic mass is 9.81. The van der Waals surface area contributed by atoms with Crippen molar-refractivity contribution in [1.82, 2.24) is 15.2 Å². The second kappa shape index (κ2) is 6.12. The van der Waals surface area contributed by atoms with Crippen molar-refractivity contribution in [2.75, 3.05) is 11.9 Å². The molecule has 100 valence electrons. The first kappa shape index (κ1) is 13.2. The Morgan fingerprint density at radius 3 is 2.72 bits per heavy atom. The lowest BCUT2D eigenvalue weighted by molar-refractivity contribution is 0.274. The van der Waals surface area contributed by atoms with E-state index in [0.717, 1.165) is 29.8 Å². The molecule has 1 aromatic rings. The molecule has 0 bridgehead atoms. The van der Waals surface area contributed by atoms with Crippen LogP contribution in [0.15, 0.2) is 0 Å². The summed E-state index contributed by atoms with van der Waals surface area (Å²) in [5.74, 6) is 2.45. The number of aromatic nitrogens is 3. The van der Waals surface area contributed by atoms with Crippen LogP contribution < -0.4 is 5.32 Å². The average molecular weight is 248 g/mol. The van der Waals surface area contributed by atoms with Crippen LogP contribution in [-0.4, -0.2) is 21.7 Å². The van der Waals surface area contributed by atoms with Crippen LogP contribution >= 0.6 is 0 Å². The van der Waals surface area contributed by atoms with Crippen LogP contribution in [0.25, 0.3) is 0 Å². The molecule has 0 spiro atoms. The lowest BCUT2D eigenvalue weighted by Gasteiger charge is -2.26. The molecule has 1 aliphatic rings. The van der Waals surface area contributed by atoms with Crippen molar-refractivity contribution in [1.29, 1.82) is 0 Å². The molecule has 1 N–H and O–H groups in total. The van der Waals surface area contributed by atoms with Gasteiger partial charge in [-0.25, -0.2) is 4.98 Å². The Morgan fingerprint density at radius 1 is 1.17 bits per heavy atom. The Balaban J connectivity index is 1.76. The summed E-state index contributed by atoms with van der Waals surface area (Å²) in [6, 6.07) is 0. The number of anilines is 1. The summed E-state index contributed by atoms with van der Waals surface area (Å²) >= 11 is 0. The summed E-state index contributed by atoms with van der Waals surface area (Å²) in [7, 11) is 0. The summed E-state index contributed by atoms with van der Waals surface area (Å²) in [6.07, 6.45) is 6.80. The molecule has 0 aliphatic heterocycles. The monoisotopic (exact) mass is 248 g/mol. The molecule has 1 heterocycles. The van der Waals surface area contributed by atoms with Gasteiger partial charge in [0.2, 0.25) is 5.95 Å². The average Bonchev–Trinajstić information content (AvgIpc) is 2.34. The first-order chi connectivity index (χ1) is 8.65. The van der Waals surface area contributed by atoms with Crippen molar-refractivity contribution in [3.8, 4) is 0 Å². The number of rotatable bonds is 4. The van der Waals surface area contributed by atoms with Crippen LogP contribution in [-0.2, 0) is 0 Å². The molecule has 2 rings (SSSR count). The highest BCUT2D eigenvalue weighted by atomic mass is 15.2. The largest absolute Gasteiger partial charge is 0.353 e. The van der Waals surface area contributed by atoms with Gasteiger partial charge < -0.3 is 5.32 Å². The first-order valence-corrected chi connectivity index (χ1v) is 7.07. The highest BCUT2D eigenvalue weighted by Crippen LogP contribution is 2.30. The molecule has 4 heteroatoms. The van der Waals surface area contributed by atoms with E-state index in [0.29, 0.717) is 5.95 Å². The second-order valence-corrected chi connectivity index (χ2v) is 5.66. The molecule has 4 nitrogen and oxygen atoms in total. The zero-order valence-electron chi connectivity index (χ0n) is 11.7. The maximum absolute atomic E-state index is 4.39. The molecule has 0 amide bonds. The van der Waals surface area contributed by atoms with Crippen molar-refractivity contribution in [3.63, 3.8) is 0 Å². The van der Waals surface area contributed by atoms with E-state index in [1.807, 2.05) is 13.8 Å². The zero-order chi connectivity index (χ0) is 13.0. The topological polar surface area (TPSA) is 50.7 Å². The maximum atomic E-state index is 4.39. The van der Waals surface area contributed by atoms with E-state index in [1.54, 1.807) is 0 Å². The van der Waals surface area contributed by atoms with Crippen LogP contribution in [0.2, 0.25) is 0 Å². The Bertz CT molecular complexity index is 391. The molecular formula is C14H24N4. The molecule has 1 fully saturated rings. The molecule has 1 aliphatic carbocycles. The quantitative estimate of drug-likeness (QED) is 0.889. The van der Waals surface area contributed by atoms with Crippen molar-refractivity contribution in [2.24, 2.45) is 11.8 Å². The summed E-state index contributed by atoms with van der Waals surface area (Å²) < 4.78 is 0. The fraction of sp³-hybridized carbons (Fsp3) is 0.786. The molecule has 0 saturated heterocycles. The lowest BCUT2D eigenvalue weighted by Crippen LogP contribution is -2.17. The molecule has 0 radical (unpaired) electrons. The zero-order valence-corrected chi connectivity index (χ0v) is 11.7. The minimum Gasteiger partial charge on any atom is -0.353 e. The predicted octanol–water partition coefficient (Wildman–Crippen LogP) is 3.12. The van der Waals surface area contributed by atoms with Crippen LogP contribution in [0.3, 0.4) is 0 Å². The van der Waals surface area contributed by atoms with Crippen LogP contribution in [0.1, 0.15) is 50.4 Å². The van der Waals surface area contributed by atoms with Gasteiger partial charge in [-0.1, -0.05) is 26.2 Å².